The van der Waals surface area contributed by atoms with E-state index in [9.17, 15) is 4.79 Å². The van der Waals surface area contributed by atoms with E-state index >= 15 is 0 Å². The fourth-order valence-electron chi connectivity index (χ4n) is 5.77. The van der Waals surface area contributed by atoms with E-state index in [0.29, 0.717) is 18.1 Å². The average Bonchev–Trinajstić information content (AvgIpc) is 3.01. The van der Waals surface area contributed by atoms with Gasteiger partial charge in [0, 0.05) is 29.7 Å². The van der Waals surface area contributed by atoms with Crippen LogP contribution < -0.4 is 10.1 Å². The van der Waals surface area contributed by atoms with Crippen molar-refractivity contribution in [2.45, 2.75) is 84.5 Å². The van der Waals surface area contributed by atoms with E-state index in [2.05, 4.69) is 57.0 Å². The summed E-state index contributed by atoms with van der Waals surface area (Å²) in [5.41, 5.74) is 7.12. The highest BCUT2D eigenvalue weighted by atomic mass is 16.5. The predicted octanol–water partition coefficient (Wildman–Crippen LogP) is 5.42. The normalized spacial score (nSPS) is 24.1. The van der Waals surface area contributed by atoms with E-state index in [4.69, 9.17) is 4.74 Å². The second-order valence-electron chi connectivity index (χ2n) is 9.56. The van der Waals surface area contributed by atoms with Crippen LogP contribution in [0.2, 0.25) is 0 Å². The molecular formula is C27H36N2O2. The van der Waals surface area contributed by atoms with Gasteiger partial charge >= 0.3 is 0 Å². The van der Waals surface area contributed by atoms with Gasteiger partial charge in [0.2, 0.25) is 0 Å². The number of hydrogen-bond acceptors (Lipinski definition) is 3. The van der Waals surface area contributed by atoms with Gasteiger partial charge in [-0.05, 0) is 106 Å². The number of nitrogens with one attached hydrogen (secondary N) is 1. The predicted molar refractivity (Wildman–Crippen MR) is 126 cm³/mol. The van der Waals surface area contributed by atoms with E-state index in [1.807, 2.05) is 18.2 Å². The van der Waals surface area contributed by atoms with Crippen LogP contribution in [0.3, 0.4) is 0 Å². The number of rotatable bonds is 5. The lowest BCUT2D eigenvalue weighted by Gasteiger charge is -2.43. The highest BCUT2D eigenvalue weighted by Gasteiger charge is 2.43. The molecule has 0 spiro atoms. The molecule has 0 saturated carbocycles. The van der Waals surface area contributed by atoms with Crippen LogP contribution in [-0.2, 0) is 0 Å². The monoisotopic (exact) mass is 420 g/mol. The average molecular weight is 421 g/mol. The molecule has 3 atom stereocenters. The van der Waals surface area contributed by atoms with Crippen LogP contribution in [0.15, 0.2) is 30.3 Å². The zero-order valence-electron chi connectivity index (χ0n) is 19.8. The maximum atomic E-state index is 12.9. The first kappa shape index (κ1) is 21.9. The number of carbonyl (C=O) groups excluding carboxylic acids is 1. The van der Waals surface area contributed by atoms with Crippen molar-refractivity contribution in [1.82, 2.24) is 10.2 Å². The Morgan fingerprint density at radius 1 is 1.00 bits per heavy atom. The third-order valence-electron chi connectivity index (χ3n) is 7.79. The highest BCUT2D eigenvalue weighted by molar-refractivity contribution is 5.94. The first-order valence-corrected chi connectivity index (χ1v) is 11.6. The van der Waals surface area contributed by atoms with Crippen LogP contribution in [0.1, 0.15) is 76.8 Å². The van der Waals surface area contributed by atoms with Crippen LogP contribution in [0.4, 0.5) is 0 Å². The summed E-state index contributed by atoms with van der Waals surface area (Å²) in [4.78, 5) is 15.6. The number of hydrogen-bond donors (Lipinski definition) is 1. The Morgan fingerprint density at radius 2 is 1.68 bits per heavy atom. The standard InChI is InChI=1S/C27H36N2O2/c1-16-7-8-21(13-17(16)2)27(30)28-22-14-23-9-10-24(15-22)29(23)20(5)25-11-12-26(31-6)19(4)18(25)3/h7-8,11-13,20,22-24H,9-10,14-15H2,1-6H3,(H,28,30). The summed E-state index contributed by atoms with van der Waals surface area (Å²) in [6, 6.07) is 12.0. The molecule has 0 radical (unpaired) electrons. The van der Waals surface area contributed by atoms with Crippen LogP contribution in [0.5, 0.6) is 5.75 Å². The van der Waals surface area contributed by atoms with Gasteiger partial charge in [-0.15, -0.1) is 0 Å². The molecule has 4 nitrogen and oxygen atoms in total. The Bertz CT molecular complexity index is 969. The highest BCUT2D eigenvalue weighted by Crippen LogP contribution is 2.43. The van der Waals surface area contributed by atoms with Gasteiger partial charge in [0.15, 0.2) is 0 Å². The number of amides is 1. The Kier molecular flexibility index (Phi) is 6.11. The lowest BCUT2D eigenvalue weighted by molar-refractivity contribution is 0.0689. The van der Waals surface area contributed by atoms with E-state index < -0.39 is 0 Å². The van der Waals surface area contributed by atoms with Crippen molar-refractivity contribution in [2.75, 3.05) is 7.11 Å². The maximum absolute atomic E-state index is 12.9. The first-order chi connectivity index (χ1) is 14.8. The molecule has 2 aliphatic rings. The lowest BCUT2D eigenvalue weighted by atomic mass is 9.91. The summed E-state index contributed by atoms with van der Waals surface area (Å²) < 4.78 is 5.51. The molecule has 4 rings (SSSR count). The van der Waals surface area contributed by atoms with Crippen molar-refractivity contribution >= 4 is 5.91 Å². The maximum Gasteiger partial charge on any atom is 0.251 e. The van der Waals surface area contributed by atoms with Gasteiger partial charge in [0.1, 0.15) is 5.75 Å². The second kappa shape index (κ2) is 8.66. The van der Waals surface area contributed by atoms with Gasteiger partial charge in [-0.25, -0.2) is 0 Å². The van der Waals surface area contributed by atoms with Crippen LogP contribution in [0, 0.1) is 27.7 Å². The number of aryl methyl sites for hydroxylation is 2. The number of piperidine rings is 1. The molecule has 2 aliphatic heterocycles. The van der Waals surface area contributed by atoms with Gasteiger partial charge in [-0.2, -0.15) is 0 Å². The van der Waals surface area contributed by atoms with Crippen molar-refractivity contribution in [3.63, 3.8) is 0 Å². The third kappa shape index (κ3) is 4.10. The summed E-state index contributed by atoms with van der Waals surface area (Å²) >= 11 is 0. The quantitative estimate of drug-likeness (QED) is 0.703. The molecule has 2 heterocycles. The van der Waals surface area contributed by atoms with Gasteiger partial charge in [-0.3, -0.25) is 9.69 Å². The Hall–Kier alpha value is -2.33. The number of nitrogens with zero attached hydrogens (tertiary/aromatic N) is 1. The molecule has 2 aromatic carbocycles. The summed E-state index contributed by atoms with van der Waals surface area (Å²) in [6.07, 6.45) is 4.51. The second-order valence-corrected chi connectivity index (χ2v) is 9.56. The fraction of sp³-hybridized carbons (Fsp3) is 0.519. The van der Waals surface area contributed by atoms with Crippen LogP contribution in [-0.4, -0.2) is 36.0 Å². The Balaban J connectivity index is 1.46. The molecular weight excluding hydrogens is 384 g/mol. The zero-order chi connectivity index (χ0) is 22.3. The molecule has 1 amide bonds. The van der Waals surface area contributed by atoms with E-state index in [1.54, 1.807) is 7.11 Å². The summed E-state index contributed by atoms with van der Waals surface area (Å²) in [7, 11) is 1.74. The Morgan fingerprint density at radius 3 is 2.29 bits per heavy atom. The van der Waals surface area contributed by atoms with E-state index in [1.165, 1.54) is 40.7 Å². The molecule has 2 bridgehead atoms. The fourth-order valence-corrected chi connectivity index (χ4v) is 5.77. The molecule has 0 aromatic heterocycles. The van der Waals surface area contributed by atoms with E-state index in [0.717, 1.165) is 24.2 Å². The summed E-state index contributed by atoms with van der Waals surface area (Å²) in [5.74, 6) is 1.03. The van der Waals surface area contributed by atoms with Gasteiger partial charge in [-0.1, -0.05) is 12.1 Å². The molecule has 3 unspecified atom stereocenters. The molecule has 1 N–H and O–H groups in total. The van der Waals surface area contributed by atoms with Crippen molar-refractivity contribution in [3.05, 3.63) is 63.7 Å². The topological polar surface area (TPSA) is 41.6 Å². The SMILES string of the molecule is COc1ccc(C(C)N2C3CCC2CC(NC(=O)c2ccc(C)c(C)c2)C3)c(C)c1C. The van der Waals surface area contributed by atoms with Crippen molar-refractivity contribution < 1.29 is 9.53 Å². The first-order valence-electron chi connectivity index (χ1n) is 11.6. The molecule has 2 aromatic rings. The Labute approximate surface area is 187 Å². The zero-order valence-corrected chi connectivity index (χ0v) is 19.8. The largest absolute Gasteiger partial charge is 0.496 e. The number of ether oxygens (including phenoxy) is 1. The van der Waals surface area contributed by atoms with Crippen molar-refractivity contribution in [1.29, 1.82) is 0 Å². The number of methoxy groups -OCH3 is 1. The minimum Gasteiger partial charge on any atom is -0.496 e. The smallest absolute Gasteiger partial charge is 0.251 e. The molecule has 2 fully saturated rings. The number of carbonyl (C=O) groups is 1. The van der Waals surface area contributed by atoms with Crippen LogP contribution >= 0.6 is 0 Å². The van der Waals surface area contributed by atoms with Gasteiger partial charge in [0.25, 0.3) is 5.91 Å². The summed E-state index contributed by atoms with van der Waals surface area (Å²) in [6.45, 7) is 10.8. The molecule has 0 aliphatic carbocycles. The van der Waals surface area contributed by atoms with E-state index in [-0.39, 0.29) is 11.9 Å². The van der Waals surface area contributed by atoms with Crippen molar-refractivity contribution in [3.8, 4) is 5.75 Å². The van der Waals surface area contributed by atoms with Crippen molar-refractivity contribution in [2.24, 2.45) is 0 Å². The number of benzene rings is 2. The minimum absolute atomic E-state index is 0.0654. The van der Waals surface area contributed by atoms with Gasteiger partial charge in [0.05, 0.1) is 7.11 Å². The molecule has 4 heteroatoms. The number of fused-ring (bicyclic) bond motifs is 2. The van der Waals surface area contributed by atoms with Crippen LogP contribution in [0.25, 0.3) is 0 Å². The summed E-state index contributed by atoms with van der Waals surface area (Å²) in [5, 5.41) is 3.34. The lowest BCUT2D eigenvalue weighted by Crippen LogP contribution is -2.51. The van der Waals surface area contributed by atoms with Gasteiger partial charge < -0.3 is 10.1 Å². The molecule has 2 saturated heterocycles. The molecule has 166 valence electrons. The minimum atomic E-state index is 0.0654. The molecule has 31 heavy (non-hydrogen) atoms. The third-order valence-corrected chi connectivity index (χ3v) is 7.79.